The number of amides is 4. The van der Waals surface area contributed by atoms with Crippen LogP contribution in [0.1, 0.15) is 43.5 Å². The third-order valence-corrected chi connectivity index (χ3v) is 8.46. The van der Waals surface area contributed by atoms with Crippen molar-refractivity contribution >= 4 is 23.6 Å². The lowest BCUT2D eigenvalue weighted by molar-refractivity contribution is -0.133. The van der Waals surface area contributed by atoms with Crippen molar-refractivity contribution in [1.29, 1.82) is 0 Å². The van der Waals surface area contributed by atoms with Crippen LogP contribution in [0.15, 0.2) is 67.1 Å². The predicted octanol–water partition coefficient (Wildman–Crippen LogP) is 0.736. The Morgan fingerprint density at radius 2 is 1.82 bits per heavy atom. The Morgan fingerprint density at radius 1 is 0.980 bits per heavy atom. The van der Waals surface area contributed by atoms with Gasteiger partial charge in [-0.25, -0.2) is 9.36 Å². The van der Waals surface area contributed by atoms with E-state index in [0.717, 1.165) is 11.1 Å². The Labute approximate surface area is 296 Å². The number of ether oxygens (including phenoxy) is 1. The molecule has 0 spiro atoms. The maximum atomic E-state index is 13.7. The van der Waals surface area contributed by atoms with Gasteiger partial charge in [-0.1, -0.05) is 61.5 Å². The Hall–Kier alpha value is -5.67. The number of rotatable bonds is 7. The molecule has 0 saturated carbocycles. The van der Waals surface area contributed by atoms with Crippen molar-refractivity contribution in [3.8, 4) is 5.75 Å². The van der Waals surface area contributed by atoms with E-state index in [1.165, 1.54) is 6.33 Å². The zero-order valence-electron chi connectivity index (χ0n) is 29.0. The van der Waals surface area contributed by atoms with Gasteiger partial charge >= 0.3 is 0 Å². The van der Waals surface area contributed by atoms with Gasteiger partial charge in [0.15, 0.2) is 0 Å². The van der Waals surface area contributed by atoms with Crippen LogP contribution in [0.2, 0.25) is 0 Å². The maximum absolute atomic E-state index is 13.7. The van der Waals surface area contributed by atoms with Gasteiger partial charge in [0.05, 0.1) is 18.7 Å². The lowest BCUT2D eigenvalue weighted by atomic mass is 10.0. The van der Waals surface area contributed by atoms with E-state index in [9.17, 15) is 19.2 Å². The number of hydrogen-bond donors (Lipinski definition) is 3. The molecule has 0 fully saturated rings. The van der Waals surface area contributed by atoms with Crippen LogP contribution < -0.4 is 20.7 Å². The van der Waals surface area contributed by atoms with Crippen molar-refractivity contribution in [1.82, 2.24) is 56.1 Å². The summed E-state index contributed by atoms with van der Waals surface area (Å²) in [5.74, 6) is -0.934. The molecule has 1 aliphatic rings. The van der Waals surface area contributed by atoms with E-state index in [2.05, 4.69) is 41.8 Å². The van der Waals surface area contributed by atoms with Crippen LogP contribution in [-0.4, -0.2) is 102 Å². The van der Waals surface area contributed by atoms with Crippen LogP contribution in [0.3, 0.4) is 0 Å². The average Bonchev–Trinajstić information content (AvgIpc) is 3.81. The summed E-state index contributed by atoms with van der Waals surface area (Å²) >= 11 is 0. The molecule has 0 aliphatic carbocycles. The Balaban J connectivity index is 1.35. The van der Waals surface area contributed by atoms with Crippen molar-refractivity contribution in [3.05, 3.63) is 83.9 Å². The van der Waals surface area contributed by atoms with Gasteiger partial charge in [-0.05, 0) is 46.0 Å². The Bertz CT molecular complexity index is 1730. The van der Waals surface area contributed by atoms with Gasteiger partial charge in [-0.15, -0.1) is 10.2 Å². The summed E-state index contributed by atoms with van der Waals surface area (Å²) in [5, 5.41) is 28.3. The van der Waals surface area contributed by atoms with Crippen LogP contribution in [0.25, 0.3) is 0 Å². The molecule has 270 valence electrons. The monoisotopic (exact) mass is 699 g/mol. The summed E-state index contributed by atoms with van der Waals surface area (Å²) < 4.78 is 9.20. The summed E-state index contributed by atoms with van der Waals surface area (Å²) in [4.78, 5) is 55.6. The molecule has 3 heterocycles. The van der Waals surface area contributed by atoms with E-state index in [4.69, 9.17) is 4.74 Å². The van der Waals surface area contributed by atoms with Crippen LogP contribution >= 0.6 is 0 Å². The number of tetrazole rings is 1. The molecule has 4 aromatic rings. The number of nitrogens with one attached hydrogen (secondary N) is 3. The van der Waals surface area contributed by atoms with Gasteiger partial charge in [0.25, 0.3) is 0 Å². The van der Waals surface area contributed by atoms with Gasteiger partial charge in [0.1, 0.15) is 30.8 Å². The lowest BCUT2D eigenvalue weighted by Gasteiger charge is -2.26. The third-order valence-electron chi connectivity index (χ3n) is 8.46. The zero-order chi connectivity index (χ0) is 36.0. The van der Waals surface area contributed by atoms with Crippen molar-refractivity contribution in [3.63, 3.8) is 0 Å². The molecule has 2 atom stereocenters. The highest BCUT2D eigenvalue weighted by Crippen LogP contribution is 2.15. The summed E-state index contributed by atoms with van der Waals surface area (Å²) in [5.41, 5.74) is 2.29. The molecular formula is C35H45N11O5. The second kappa shape index (κ2) is 18.4. The van der Waals surface area contributed by atoms with Crippen LogP contribution in [0, 0.1) is 5.92 Å². The molecule has 0 saturated heterocycles. The Kier molecular flexibility index (Phi) is 13.2. The summed E-state index contributed by atoms with van der Waals surface area (Å²) in [7, 11) is 0. The minimum absolute atomic E-state index is 0.0426. The fourth-order valence-electron chi connectivity index (χ4n) is 5.71. The van der Waals surface area contributed by atoms with Crippen LogP contribution in [-0.2, 0) is 51.5 Å². The number of carbonyl (C=O) groups excluding carboxylic acids is 4. The van der Waals surface area contributed by atoms with Gasteiger partial charge in [-0.3, -0.25) is 19.2 Å². The van der Waals surface area contributed by atoms with Gasteiger partial charge in [0.2, 0.25) is 23.6 Å². The van der Waals surface area contributed by atoms with E-state index in [1.807, 2.05) is 68.6 Å². The Morgan fingerprint density at radius 3 is 2.61 bits per heavy atom. The molecule has 16 heteroatoms. The molecule has 4 bridgehead atoms. The molecule has 0 radical (unpaired) electrons. The topological polar surface area (TPSA) is 191 Å². The number of carbonyl (C=O) groups is 4. The lowest BCUT2D eigenvalue weighted by Crippen LogP contribution is -2.56. The quantitative estimate of drug-likeness (QED) is 0.248. The van der Waals surface area contributed by atoms with Crippen molar-refractivity contribution in [2.45, 2.75) is 71.1 Å². The molecule has 2 aromatic heterocycles. The molecule has 16 nitrogen and oxygen atoms in total. The van der Waals surface area contributed by atoms with Crippen molar-refractivity contribution in [2.24, 2.45) is 5.92 Å². The second-order valence-corrected chi connectivity index (χ2v) is 12.8. The molecular weight excluding hydrogens is 654 g/mol. The van der Waals surface area contributed by atoms with E-state index < -0.39 is 23.9 Å². The molecule has 51 heavy (non-hydrogen) atoms. The first-order valence-electron chi connectivity index (χ1n) is 17.2. The predicted molar refractivity (Wildman–Crippen MR) is 185 cm³/mol. The van der Waals surface area contributed by atoms with Crippen LogP contribution in [0.4, 0.5) is 0 Å². The number of aryl methyl sites for hydroxylation is 1. The number of fused-ring (bicyclic) bond motifs is 4. The average molecular weight is 700 g/mol. The maximum Gasteiger partial charge on any atom is 0.243 e. The van der Waals surface area contributed by atoms with Gasteiger partial charge in [0, 0.05) is 51.6 Å². The number of nitrogens with zero attached hydrogens (tertiary/aromatic N) is 8. The summed E-state index contributed by atoms with van der Waals surface area (Å²) in [6.45, 7) is 5.69. The van der Waals surface area contributed by atoms with E-state index in [0.29, 0.717) is 50.5 Å². The van der Waals surface area contributed by atoms with E-state index in [1.54, 1.807) is 20.3 Å². The smallest absolute Gasteiger partial charge is 0.243 e. The second-order valence-electron chi connectivity index (χ2n) is 12.8. The molecule has 0 unspecified atom stereocenters. The highest BCUT2D eigenvalue weighted by molar-refractivity contribution is 5.92. The molecule has 4 amide bonds. The molecule has 2 aromatic carbocycles. The van der Waals surface area contributed by atoms with E-state index in [-0.39, 0.29) is 50.1 Å². The minimum Gasteiger partial charge on any atom is -0.492 e. The normalized spacial score (nSPS) is 18.3. The van der Waals surface area contributed by atoms with Crippen molar-refractivity contribution in [2.75, 3.05) is 26.2 Å². The van der Waals surface area contributed by atoms with Crippen LogP contribution in [0.5, 0.6) is 5.75 Å². The largest absolute Gasteiger partial charge is 0.492 e. The number of aromatic nitrogens is 7. The highest BCUT2D eigenvalue weighted by Gasteiger charge is 2.29. The summed E-state index contributed by atoms with van der Waals surface area (Å²) in [6.07, 6.45) is 4.85. The SMILES string of the molecule is CC(C)[C@H]1NC(=O)Cc2cccc(c2)OCCn2cc(nn2)CCN(C(=O)CCCn2cnnn2)CCNC(=O)[C@H](Cc2ccccc2)NC1=O. The molecule has 1 aliphatic heterocycles. The first-order chi connectivity index (χ1) is 24.7. The fraction of sp³-hybridized carbons (Fsp3) is 0.457. The first kappa shape index (κ1) is 36.6. The first-order valence-corrected chi connectivity index (χ1v) is 17.2. The molecule has 3 N–H and O–H groups in total. The van der Waals surface area contributed by atoms with Crippen molar-refractivity contribution < 1.29 is 23.9 Å². The molecule has 5 rings (SSSR count). The third kappa shape index (κ3) is 11.4. The minimum atomic E-state index is -0.927. The van der Waals surface area contributed by atoms with Gasteiger partial charge in [-0.2, -0.15) is 0 Å². The van der Waals surface area contributed by atoms with E-state index >= 15 is 0 Å². The fourth-order valence-corrected chi connectivity index (χ4v) is 5.71. The summed E-state index contributed by atoms with van der Waals surface area (Å²) in [6, 6.07) is 14.8. The highest BCUT2D eigenvalue weighted by atomic mass is 16.5. The number of hydrogen-bond acceptors (Lipinski definition) is 10. The standard InChI is InChI=1S/C35H45N11O5/c1-25(2)33-35(50)38-30(21-26-8-4-3-5-9-26)34(49)36-14-17-44(32(48)12-7-15-46-24-37-41-43-46)16-13-28-23-45(42-40-28)18-19-51-29-11-6-10-27(20-29)22-31(47)39-33/h3-6,8-11,20,23-25,30,33H,7,12-19,21-22H2,1-2H3,(H,36,49)(H,38,50)(H,39,47)/t30-,33+/m0/s1. The van der Waals surface area contributed by atoms with Gasteiger partial charge < -0.3 is 25.6 Å². The zero-order valence-corrected chi connectivity index (χ0v) is 29.0. The number of benzene rings is 2.